The van der Waals surface area contributed by atoms with Crippen molar-refractivity contribution in [2.75, 3.05) is 5.32 Å². The highest BCUT2D eigenvalue weighted by molar-refractivity contribution is 7.08. The van der Waals surface area contributed by atoms with Gasteiger partial charge in [-0.2, -0.15) is 11.3 Å². The summed E-state index contributed by atoms with van der Waals surface area (Å²) in [6, 6.07) is 1.99. The fraction of sp³-hybridized carbons (Fsp3) is 0.111. The number of rotatable bonds is 2. The molecule has 2 rings (SSSR count). The zero-order chi connectivity index (χ0) is 9.97. The third-order valence-electron chi connectivity index (χ3n) is 1.73. The molecule has 0 radical (unpaired) electrons. The van der Waals surface area contributed by atoms with Gasteiger partial charge in [-0.15, -0.1) is 0 Å². The quantitative estimate of drug-likeness (QED) is 0.798. The molecular weight excluding hydrogens is 218 g/mol. The Kier molecular flexibility index (Phi) is 2.65. The molecule has 0 saturated heterocycles. The van der Waals surface area contributed by atoms with E-state index in [0.717, 1.165) is 17.1 Å². The Hall–Kier alpha value is -1.13. The number of hydrogen-bond donors (Lipinski definition) is 1. The van der Waals surface area contributed by atoms with E-state index in [0.29, 0.717) is 0 Å². The number of aromatic nitrogens is 2. The van der Waals surface area contributed by atoms with E-state index in [9.17, 15) is 0 Å². The maximum Gasteiger partial charge on any atom is 0.224 e. The standard InChI is InChI=1S/C9H8ClN3S/c1-6-4-11-9(10)13-8(6)12-7-2-3-14-5-7/h2-5H,1H3,(H,11,12,13). The van der Waals surface area contributed by atoms with Crippen LogP contribution in [0.3, 0.4) is 0 Å². The molecule has 1 N–H and O–H groups in total. The highest BCUT2D eigenvalue weighted by Gasteiger charge is 2.02. The van der Waals surface area contributed by atoms with Gasteiger partial charge in [-0.05, 0) is 30.0 Å². The van der Waals surface area contributed by atoms with Gasteiger partial charge < -0.3 is 5.32 Å². The highest BCUT2D eigenvalue weighted by atomic mass is 35.5. The predicted molar refractivity (Wildman–Crippen MR) is 59.4 cm³/mol. The number of halogens is 1. The lowest BCUT2D eigenvalue weighted by molar-refractivity contribution is 1.13. The van der Waals surface area contributed by atoms with Crippen LogP contribution >= 0.6 is 22.9 Å². The third kappa shape index (κ3) is 2.02. The first-order chi connectivity index (χ1) is 6.75. The van der Waals surface area contributed by atoms with E-state index in [4.69, 9.17) is 11.6 Å². The molecule has 0 fully saturated rings. The average molecular weight is 226 g/mol. The van der Waals surface area contributed by atoms with Gasteiger partial charge in [0.1, 0.15) is 5.82 Å². The Bertz CT molecular complexity index is 428. The summed E-state index contributed by atoms with van der Waals surface area (Å²) < 4.78 is 0. The van der Waals surface area contributed by atoms with Crippen molar-refractivity contribution in [3.8, 4) is 0 Å². The fourth-order valence-electron chi connectivity index (χ4n) is 1.02. The minimum absolute atomic E-state index is 0.258. The first-order valence-electron chi connectivity index (χ1n) is 4.04. The summed E-state index contributed by atoms with van der Waals surface area (Å²) in [5.41, 5.74) is 1.99. The largest absolute Gasteiger partial charge is 0.339 e. The van der Waals surface area contributed by atoms with Crippen LogP contribution < -0.4 is 5.32 Å². The molecule has 0 atom stereocenters. The number of nitrogens with zero attached hydrogens (tertiary/aromatic N) is 2. The SMILES string of the molecule is Cc1cnc(Cl)nc1Nc1ccsc1. The van der Waals surface area contributed by atoms with Crippen LogP contribution in [0.4, 0.5) is 11.5 Å². The van der Waals surface area contributed by atoms with Gasteiger partial charge in [0.15, 0.2) is 0 Å². The van der Waals surface area contributed by atoms with Crippen LogP contribution in [0.15, 0.2) is 23.0 Å². The van der Waals surface area contributed by atoms with Crippen molar-refractivity contribution in [2.24, 2.45) is 0 Å². The van der Waals surface area contributed by atoms with E-state index in [2.05, 4.69) is 15.3 Å². The second kappa shape index (κ2) is 3.94. The summed E-state index contributed by atoms with van der Waals surface area (Å²) in [7, 11) is 0. The number of anilines is 2. The number of thiophene rings is 1. The molecular formula is C9H8ClN3S. The molecule has 14 heavy (non-hydrogen) atoms. The van der Waals surface area contributed by atoms with Gasteiger partial charge in [0.25, 0.3) is 0 Å². The Morgan fingerprint density at radius 3 is 3.07 bits per heavy atom. The van der Waals surface area contributed by atoms with Gasteiger partial charge in [0, 0.05) is 17.1 Å². The molecule has 0 aliphatic carbocycles. The minimum Gasteiger partial charge on any atom is -0.339 e. The summed E-state index contributed by atoms with van der Waals surface area (Å²) in [6.07, 6.45) is 1.70. The maximum atomic E-state index is 5.70. The molecule has 0 aromatic carbocycles. The molecule has 0 amide bonds. The lowest BCUT2D eigenvalue weighted by Gasteiger charge is -2.05. The van der Waals surface area contributed by atoms with Crippen LogP contribution in [0, 0.1) is 6.92 Å². The first kappa shape index (κ1) is 9.43. The van der Waals surface area contributed by atoms with Crippen molar-refractivity contribution >= 4 is 34.4 Å². The molecule has 3 nitrogen and oxygen atoms in total. The lowest BCUT2D eigenvalue weighted by atomic mass is 10.3. The fourth-order valence-corrected chi connectivity index (χ4v) is 1.74. The van der Waals surface area contributed by atoms with E-state index in [1.807, 2.05) is 23.8 Å². The summed E-state index contributed by atoms with van der Waals surface area (Å²) in [4.78, 5) is 7.98. The predicted octanol–water partition coefficient (Wildman–Crippen LogP) is 3.24. The number of nitrogens with one attached hydrogen (secondary N) is 1. The van der Waals surface area contributed by atoms with Gasteiger partial charge in [-0.25, -0.2) is 9.97 Å². The first-order valence-corrected chi connectivity index (χ1v) is 5.36. The second-order valence-corrected chi connectivity index (χ2v) is 3.93. The van der Waals surface area contributed by atoms with Crippen molar-refractivity contribution in [3.05, 3.63) is 33.9 Å². The van der Waals surface area contributed by atoms with E-state index in [1.54, 1.807) is 17.5 Å². The summed E-state index contributed by atoms with van der Waals surface area (Å²) in [6.45, 7) is 1.94. The minimum atomic E-state index is 0.258. The summed E-state index contributed by atoms with van der Waals surface area (Å²) in [5.74, 6) is 0.753. The van der Waals surface area contributed by atoms with Crippen molar-refractivity contribution in [3.63, 3.8) is 0 Å². The zero-order valence-corrected chi connectivity index (χ0v) is 9.06. The molecule has 5 heteroatoms. The van der Waals surface area contributed by atoms with Crippen LogP contribution in [0.2, 0.25) is 5.28 Å². The molecule has 2 heterocycles. The molecule has 2 aromatic heterocycles. The summed E-state index contributed by atoms with van der Waals surface area (Å²) in [5, 5.41) is 7.44. The van der Waals surface area contributed by atoms with Crippen molar-refractivity contribution in [2.45, 2.75) is 6.92 Å². The maximum absolute atomic E-state index is 5.70. The molecule has 0 spiro atoms. The Balaban J connectivity index is 2.28. The van der Waals surface area contributed by atoms with E-state index < -0.39 is 0 Å². The van der Waals surface area contributed by atoms with Crippen LogP contribution in [0.1, 0.15) is 5.56 Å². The average Bonchev–Trinajstić information content (AvgIpc) is 2.64. The smallest absolute Gasteiger partial charge is 0.224 e. The van der Waals surface area contributed by atoms with Gasteiger partial charge in [-0.3, -0.25) is 0 Å². The molecule has 2 aromatic rings. The molecule has 0 aliphatic heterocycles. The van der Waals surface area contributed by atoms with Crippen molar-refractivity contribution < 1.29 is 0 Å². The van der Waals surface area contributed by atoms with Gasteiger partial charge >= 0.3 is 0 Å². The zero-order valence-electron chi connectivity index (χ0n) is 7.49. The normalized spacial score (nSPS) is 10.1. The van der Waals surface area contributed by atoms with Gasteiger partial charge in [0.05, 0.1) is 5.69 Å². The monoisotopic (exact) mass is 225 g/mol. The van der Waals surface area contributed by atoms with Crippen LogP contribution in [-0.2, 0) is 0 Å². The van der Waals surface area contributed by atoms with Crippen molar-refractivity contribution in [1.82, 2.24) is 9.97 Å². The lowest BCUT2D eigenvalue weighted by Crippen LogP contribution is -1.96. The molecule has 0 unspecified atom stereocenters. The Morgan fingerprint density at radius 2 is 2.36 bits per heavy atom. The second-order valence-electron chi connectivity index (χ2n) is 2.81. The van der Waals surface area contributed by atoms with E-state index >= 15 is 0 Å². The number of aryl methyl sites for hydroxylation is 1. The van der Waals surface area contributed by atoms with Gasteiger partial charge in [-0.1, -0.05) is 0 Å². The molecule has 0 saturated carbocycles. The van der Waals surface area contributed by atoms with Crippen LogP contribution in [0.5, 0.6) is 0 Å². The van der Waals surface area contributed by atoms with Gasteiger partial charge in [0.2, 0.25) is 5.28 Å². The van der Waals surface area contributed by atoms with E-state index in [-0.39, 0.29) is 5.28 Å². The molecule has 0 bridgehead atoms. The Morgan fingerprint density at radius 1 is 1.50 bits per heavy atom. The third-order valence-corrected chi connectivity index (χ3v) is 2.59. The number of hydrogen-bond acceptors (Lipinski definition) is 4. The molecule has 0 aliphatic rings. The molecule has 72 valence electrons. The van der Waals surface area contributed by atoms with Crippen LogP contribution in [-0.4, -0.2) is 9.97 Å². The highest BCUT2D eigenvalue weighted by Crippen LogP contribution is 2.20. The van der Waals surface area contributed by atoms with Crippen LogP contribution in [0.25, 0.3) is 0 Å². The van der Waals surface area contributed by atoms with E-state index in [1.165, 1.54) is 0 Å². The topological polar surface area (TPSA) is 37.8 Å². The summed E-state index contributed by atoms with van der Waals surface area (Å²) >= 11 is 7.33. The Labute approximate surface area is 90.8 Å². The van der Waals surface area contributed by atoms with Crippen molar-refractivity contribution in [1.29, 1.82) is 0 Å².